The average molecular weight is 342 g/mol. The van der Waals surface area contributed by atoms with Crippen LogP contribution in [-0.2, 0) is 11.2 Å². The molecule has 136 valence electrons. The lowest BCUT2D eigenvalue weighted by atomic mass is 9.91. The highest BCUT2D eigenvalue weighted by Crippen LogP contribution is 2.32. The molecule has 2 saturated heterocycles. The van der Waals surface area contributed by atoms with E-state index in [-0.39, 0.29) is 6.03 Å². The number of hydrogen-bond donors (Lipinski definition) is 1. The molecule has 3 rings (SSSR count). The summed E-state index contributed by atoms with van der Waals surface area (Å²) in [6, 6.07) is 6.27. The molecule has 1 aromatic rings. The van der Waals surface area contributed by atoms with Crippen LogP contribution in [0, 0.1) is 11.8 Å². The number of para-hydroxylation sites is 1. The Kier molecular flexibility index (Phi) is 5.79. The molecule has 4 nitrogen and oxygen atoms in total. The Balaban J connectivity index is 1.71. The Morgan fingerprint density at radius 1 is 1.40 bits per heavy atom. The summed E-state index contributed by atoms with van der Waals surface area (Å²) in [5.41, 5.74) is 3.29. The van der Waals surface area contributed by atoms with Gasteiger partial charge in [0.2, 0.25) is 0 Å². The highest BCUT2D eigenvalue weighted by atomic mass is 16.5. The summed E-state index contributed by atoms with van der Waals surface area (Å²) in [6.07, 6.45) is 4.88. The minimum absolute atomic E-state index is 0.0276. The van der Waals surface area contributed by atoms with Crippen molar-refractivity contribution in [2.75, 3.05) is 31.6 Å². The molecule has 0 bridgehead atoms. The predicted octanol–water partition coefficient (Wildman–Crippen LogP) is 4.43. The second-order valence-corrected chi connectivity index (χ2v) is 7.58. The van der Waals surface area contributed by atoms with E-state index in [0.717, 1.165) is 56.8 Å². The molecule has 0 spiro atoms. The first-order valence-electron chi connectivity index (χ1n) is 9.46. The number of carbonyl (C=O) groups is 1. The van der Waals surface area contributed by atoms with Gasteiger partial charge < -0.3 is 15.0 Å². The number of nitrogens with one attached hydrogen (secondary N) is 1. The topological polar surface area (TPSA) is 41.6 Å². The van der Waals surface area contributed by atoms with Gasteiger partial charge in [0, 0.05) is 32.0 Å². The molecule has 2 atom stereocenters. The van der Waals surface area contributed by atoms with Crippen molar-refractivity contribution in [3.63, 3.8) is 0 Å². The molecular formula is C21H30N2O2. The lowest BCUT2D eigenvalue weighted by molar-refractivity contribution is 0.171. The Hall–Kier alpha value is -1.81. The third kappa shape index (κ3) is 4.06. The third-order valence-corrected chi connectivity index (χ3v) is 5.54. The molecule has 2 heterocycles. The maximum Gasteiger partial charge on any atom is 0.321 e. The maximum atomic E-state index is 12.9. The molecule has 0 aliphatic carbocycles. The fraction of sp³-hybridized carbons (Fsp3) is 0.571. The highest BCUT2D eigenvalue weighted by Gasteiger charge is 2.34. The minimum Gasteiger partial charge on any atom is -0.381 e. The Bertz CT molecular complexity index is 620. The molecule has 2 amide bonds. The zero-order valence-electron chi connectivity index (χ0n) is 15.5. The van der Waals surface area contributed by atoms with E-state index in [4.69, 9.17) is 4.74 Å². The van der Waals surface area contributed by atoms with Gasteiger partial charge in [-0.15, -0.1) is 6.58 Å². The van der Waals surface area contributed by atoms with Gasteiger partial charge in [-0.1, -0.05) is 38.1 Å². The average Bonchev–Trinajstić information content (AvgIpc) is 3.27. The number of benzene rings is 1. The smallest absolute Gasteiger partial charge is 0.321 e. The molecule has 0 radical (unpaired) electrons. The lowest BCUT2D eigenvalue weighted by Crippen LogP contribution is -2.34. The number of carbonyl (C=O) groups excluding carboxylic acids is 1. The Labute approximate surface area is 151 Å². The summed E-state index contributed by atoms with van der Waals surface area (Å²) < 4.78 is 5.52. The number of likely N-dealkylation sites (tertiary alicyclic amines) is 1. The van der Waals surface area contributed by atoms with Gasteiger partial charge in [0.1, 0.15) is 0 Å². The van der Waals surface area contributed by atoms with Gasteiger partial charge in [-0.25, -0.2) is 4.79 Å². The SMILES string of the molecule is C=CCc1cccc(C(C)C)c1NC(=O)N1CC[C@@H]([C@H]2CCOC2)C1. The molecule has 0 unspecified atom stereocenters. The van der Waals surface area contributed by atoms with Crippen molar-refractivity contribution in [1.82, 2.24) is 4.90 Å². The van der Waals surface area contributed by atoms with Crippen molar-refractivity contribution in [1.29, 1.82) is 0 Å². The first-order chi connectivity index (χ1) is 12.1. The van der Waals surface area contributed by atoms with Crippen LogP contribution < -0.4 is 5.32 Å². The highest BCUT2D eigenvalue weighted by molar-refractivity contribution is 5.91. The molecule has 2 fully saturated rings. The largest absolute Gasteiger partial charge is 0.381 e. The van der Waals surface area contributed by atoms with Crippen LogP contribution in [0.1, 0.15) is 43.7 Å². The molecule has 2 aliphatic rings. The molecule has 0 aromatic heterocycles. The summed E-state index contributed by atoms with van der Waals surface area (Å²) in [6.45, 7) is 11.6. The second kappa shape index (κ2) is 8.05. The normalized spacial score (nSPS) is 23.2. The van der Waals surface area contributed by atoms with Gasteiger partial charge in [-0.05, 0) is 48.1 Å². The van der Waals surface area contributed by atoms with Crippen LogP contribution >= 0.6 is 0 Å². The molecule has 25 heavy (non-hydrogen) atoms. The lowest BCUT2D eigenvalue weighted by Gasteiger charge is -2.23. The van der Waals surface area contributed by atoms with Gasteiger partial charge in [0.05, 0.1) is 0 Å². The van der Waals surface area contributed by atoms with E-state index >= 15 is 0 Å². The molecule has 0 saturated carbocycles. The quantitative estimate of drug-likeness (QED) is 0.804. The van der Waals surface area contributed by atoms with Crippen LogP contribution in [0.15, 0.2) is 30.9 Å². The van der Waals surface area contributed by atoms with Crippen molar-refractivity contribution < 1.29 is 9.53 Å². The van der Waals surface area contributed by atoms with Crippen LogP contribution in [-0.4, -0.2) is 37.2 Å². The van der Waals surface area contributed by atoms with Crippen molar-refractivity contribution in [2.45, 2.75) is 39.0 Å². The van der Waals surface area contributed by atoms with Crippen molar-refractivity contribution >= 4 is 11.7 Å². The Morgan fingerprint density at radius 2 is 2.24 bits per heavy atom. The van der Waals surface area contributed by atoms with E-state index in [9.17, 15) is 4.79 Å². The zero-order valence-corrected chi connectivity index (χ0v) is 15.5. The summed E-state index contributed by atoms with van der Waals surface area (Å²) in [5, 5.41) is 3.21. The standard InChI is InChI=1S/C21H30N2O2/c1-4-6-16-7-5-8-19(15(2)3)20(16)22-21(24)23-11-9-17(13-23)18-10-12-25-14-18/h4-5,7-8,15,17-18H,1,6,9-14H2,2-3H3,(H,22,24)/t17-,18+/m1/s1. The maximum absolute atomic E-state index is 12.9. The van der Waals surface area contributed by atoms with E-state index in [1.807, 2.05) is 11.0 Å². The predicted molar refractivity (Wildman–Crippen MR) is 102 cm³/mol. The van der Waals surface area contributed by atoms with Crippen LogP contribution in [0.3, 0.4) is 0 Å². The minimum atomic E-state index is 0.0276. The fourth-order valence-corrected chi connectivity index (χ4v) is 4.05. The molecular weight excluding hydrogens is 312 g/mol. The fourth-order valence-electron chi connectivity index (χ4n) is 4.05. The number of urea groups is 1. The number of allylic oxidation sites excluding steroid dienone is 1. The number of ether oxygens (including phenoxy) is 1. The summed E-state index contributed by atoms with van der Waals surface area (Å²) >= 11 is 0. The van der Waals surface area contributed by atoms with Gasteiger partial charge in [0.25, 0.3) is 0 Å². The van der Waals surface area contributed by atoms with Crippen molar-refractivity contribution in [3.05, 3.63) is 42.0 Å². The van der Waals surface area contributed by atoms with Gasteiger partial charge in [-0.2, -0.15) is 0 Å². The molecule has 1 N–H and O–H groups in total. The van der Waals surface area contributed by atoms with Crippen molar-refractivity contribution in [2.24, 2.45) is 11.8 Å². The van der Waals surface area contributed by atoms with Crippen LogP contribution in [0.2, 0.25) is 0 Å². The van der Waals surface area contributed by atoms with Crippen molar-refractivity contribution in [3.8, 4) is 0 Å². The summed E-state index contributed by atoms with van der Waals surface area (Å²) in [5.74, 6) is 1.57. The van der Waals surface area contributed by atoms with E-state index in [2.05, 4.69) is 43.9 Å². The first-order valence-corrected chi connectivity index (χ1v) is 9.46. The Morgan fingerprint density at radius 3 is 2.92 bits per heavy atom. The van der Waals surface area contributed by atoms with E-state index in [0.29, 0.717) is 17.8 Å². The molecule has 1 aromatic carbocycles. The van der Waals surface area contributed by atoms with E-state index in [1.54, 1.807) is 0 Å². The van der Waals surface area contributed by atoms with E-state index < -0.39 is 0 Å². The van der Waals surface area contributed by atoms with Crippen LogP contribution in [0.5, 0.6) is 0 Å². The zero-order chi connectivity index (χ0) is 17.8. The van der Waals surface area contributed by atoms with Gasteiger partial charge in [0.15, 0.2) is 0 Å². The van der Waals surface area contributed by atoms with Crippen LogP contribution in [0.4, 0.5) is 10.5 Å². The second-order valence-electron chi connectivity index (χ2n) is 7.58. The molecule has 4 heteroatoms. The molecule has 2 aliphatic heterocycles. The third-order valence-electron chi connectivity index (χ3n) is 5.54. The number of hydrogen-bond acceptors (Lipinski definition) is 2. The number of amides is 2. The van der Waals surface area contributed by atoms with Gasteiger partial charge >= 0.3 is 6.03 Å². The summed E-state index contributed by atoms with van der Waals surface area (Å²) in [7, 11) is 0. The monoisotopic (exact) mass is 342 g/mol. The van der Waals surface area contributed by atoms with Crippen LogP contribution in [0.25, 0.3) is 0 Å². The number of rotatable bonds is 5. The first kappa shape index (κ1) is 18.0. The number of nitrogens with zero attached hydrogens (tertiary/aromatic N) is 1. The number of anilines is 1. The van der Waals surface area contributed by atoms with Gasteiger partial charge in [-0.3, -0.25) is 0 Å². The van der Waals surface area contributed by atoms with E-state index in [1.165, 1.54) is 5.56 Å². The summed E-state index contributed by atoms with van der Waals surface area (Å²) in [4.78, 5) is 14.8.